The summed E-state index contributed by atoms with van der Waals surface area (Å²) in [5.41, 5.74) is 1.33. The van der Waals surface area contributed by atoms with E-state index >= 15 is 0 Å². The van der Waals surface area contributed by atoms with Crippen LogP contribution in [0.5, 0.6) is 0 Å². The molecule has 5 fully saturated rings. The number of rotatable bonds is 0. The predicted octanol–water partition coefficient (Wildman–Crippen LogP) is 2.45. The van der Waals surface area contributed by atoms with Gasteiger partial charge >= 0.3 is 5.97 Å². The molecule has 2 heterocycles. The Hall–Kier alpha value is -0.830. The summed E-state index contributed by atoms with van der Waals surface area (Å²) in [4.78, 5) is 12.3. The number of fused-ring (bicyclic) bond motifs is 5. The van der Waals surface area contributed by atoms with Crippen molar-refractivity contribution < 1.29 is 14.3 Å². The van der Waals surface area contributed by atoms with E-state index in [0.717, 1.165) is 38.7 Å². The molecule has 0 aromatic heterocycles. The first-order chi connectivity index (χ1) is 9.16. The third-order valence-corrected chi connectivity index (χ3v) is 6.63. The van der Waals surface area contributed by atoms with Crippen molar-refractivity contribution in [2.24, 2.45) is 23.2 Å². The molecule has 0 aromatic rings. The molecule has 0 radical (unpaired) electrons. The molecular formula is C16H20O3. The Balaban J connectivity index is 1.60. The highest BCUT2D eigenvalue weighted by molar-refractivity contribution is 5.83. The average molecular weight is 260 g/mol. The molecule has 2 saturated heterocycles. The number of epoxide rings is 1. The number of hydrogen-bond acceptors (Lipinski definition) is 3. The van der Waals surface area contributed by atoms with Crippen LogP contribution in [0.25, 0.3) is 0 Å². The molecule has 2 spiro atoms. The molecule has 0 unspecified atom stereocenters. The highest BCUT2D eigenvalue weighted by Gasteiger charge is 2.72. The van der Waals surface area contributed by atoms with Crippen molar-refractivity contribution in [2.75, 3.05) is 6.61 Å². The van der Waals surface area contributed by atoms with E-state index in [1.54, 1.807) is 0 Å². The Morgan fingerprint density at radius 1 is 1.21 bits per heavy atom. The number of carbonyl (C=O) groups is 1. The zero-order valence-electron chi connectivity index (χ0n) is 11.2. The van der Waals surface area contributed by atoms with Gasteiger partial charge in [-0.3, -0.25) is 4.79 Å². The first-order valence-corrected chi connectivity index (χ1v) is 7.69. The molecule has 3 aliphatic carbocycles. The molecule has 0 amide bonds. The van der Waals surface area contributed by atoms with Crippen molar-refractivity contribution in [2.45, 2.75) is 50.2 Å². The molecular weight excluding hydrogens is 240 g/mol. The minimum Gasteiger partial charge on any atom is -0.461 e. The Morgan fingerprint density at radius 3 is 2.68 bits per heavy atom. The molecule has 5 aliphatic rings. The minimum atomic E-state index is -0.0987. The lowest BCUT2D eigenvalue weighted by Gasteiger charge is -2.29. The van der Waals surface area contributed by atoms with E-state index in [1.807, 2.05) is 0 Å². The highest BCUT2D eigenvalue weighted by Crippen LogP contribution is 2.67. The van der Waals surface area contributed by atoms with Gasteiger partial charge in [0.25, 0.3) is 0 Å². The SMILES string of the molecule is C=C1CC[C@@H]2[C@H](OC(=O)C23CC3)[C@@H]2[C@H]1CC[C@@]21CO1. The fourth-order valence-electron chi connectivity index (χ4n) is 5.32. The molecule has 0 aromatic carbocycles. The molecule has 3 nitrogen and oxygen atoms in total. The van der Waals surface area contributed by atoms with Crippen LogP contribution in [0.15, 0.2) is 12.2 Å². The summed E-state index contributed by atoms with van der Waals surface area (Å²) in [5, 5.41) is 0. The molecule has 5 rings (SSSR count). The maximum Gasteiger partial charge on any atom is 0.312 e. The summed E-state index contributed by atoms with van der Waals surface area (Å²) >= 11 is 0. The predicted molar refractivity (Wildman–Crippen MR) is 68.3 cm³/mol. The summed E-state index contributed by atoms with van der Waals surface area (Å²) in [6.45, 7) is 5.20. The number of ether oxygens (including phenoxy) is 2. The van der Waals surface area contributed by atoms with Gasteiger partial charge in [-0.25, -0.2) is 0 Å². The van der Waals surface area contributed by atoms with Crippen LogP contribution in [0, 0.1) is 23.2 Å². The minimum absolute atomic E-state index is 0.0432. The van der Waals surface area contributed by atoms with E-state index in [4.69, 9.17) is 9.47 Å². The molecule has 0 bridgehead atoms. The zero-order chi connectivity index (χ0) is 12.8. The standard InChI is InChI=1S/C16H20O3/c1-9-2-3-11-13(19-14(17)15(11)6-7-15)12-10(9)4-5-16(12)8-18-16/h10-13H,1-8H2/t10-,11+,12-,13-,16+/m0/s1. The van der Waals surface area contributed by atoms with Crippen molar-refractivity contribution in [3.05, 3.63) is 12.2 Å². The number of carbonyl (C=O) groups excluding carboxylic acids is 1. The fourth-order valence-corrected chi connectivity index (χ4v) is 5.32. The van der Waals surface area contributed by atoms with Gasteiger partial charge < -0.3 is 9.47 Å². The van der Waals surface area contributed by atoms with Gasteiger partial charge in [0.1, 0.15) is 6.10 Å². The van der Waals surface area contributed by atoms with Gasteiger partial charge in [-0.15, -0.1) is 0 Å². The molecule has 3 heteroatoms. The average Bonchev–Trinajstić information content (AvgIpc) is 3.23. The molecule has 102 valence electrons. The van der Waals surface area contributed by atoms with Gasteiger partial charge in [0.2, 0.25) is 0 Å². The van der Waals surface area contributed by atoms with E-state index in [0.29, 0.717) is 17.8 Å². The second-order valence-corrected chi connectivity index (χ2v) is 7.35. The maximum atomic E-state index is 12.3. The lowest BCUT2D eigenvalue weighted by Crippen LogP contribution is -2.37. The monoisotopic (exact) mass is 260 g/mol. The zero-order valence-corrected chi connectivity index (χ0v) is 11.2. The lowest BCUT2D eigenvalue weighted by atomic mass is 9.76. The quantitative estimate of drug-likeness (QED) is 0.381. The van der Waals surface area contributed by atoms with Crippen LogP contribution in [-0.2, 0) is 14.3 Å². The van der Waals surface area contributed by atoms with Crippen LogP contribution < -0.4 is 0 Å². The summed E-state index contributed by atoms with van der Waals surface area (Å²) in [5.74, 6) is 1.46. The Labute approximate surface area is 113 Å². The highest BCUT2D eigenvalue weighted by atomic mass is 16.6. The van der Waals surface area contributed by atoms with E-state index < -0.39 is 0 Å². The Bertz CT molecular complexity index is 486. The summed E-state index contributed by atoms with van der Waals surface area (Å²) in [6.07, 6.45) is 6.70. The Kier molecular flexibility index (Phi) is 1.77. The lowest BCUT2D eigenvalue weighted by molar-refractivity contribution is -0.147. The second kappa shape index (κ2) is 3.08. The maximum absolute atomic E-state index is 12.3. The number of hydrogen-bond donors (Lipinski definition) is 0. The van der Waals surface area contributed by atoms with Gasteiger partial charge in [0.05, 0.1) is 17.6 Å². The van der Waals surface area contributed by atoms with Crippen LogP contribution in [0.2, 0.25) is 0 Å². The summed E-state index contributed by atoms with van der Waals surface area (Å²) in [6, 6.07) is 0. The van der Waals surface area contributed by atoms with Crippen LogP contribution in [-0.4, -0.2) is 24.3 Å². The topological polar surface area (TPSA) is 38.8 Å². The second-order valence-electron chi connectivity index (χ2n) is 7.35. The molecule has 0 N–H and O–H groups in total. The van der Waals surface area contributed by atoms with Crippen LogP contribution in [0.4, 0.5) is 0 Å². The van der Waals surface area contributed by atoms with Gasteiger partial charge in [-0.2, -0.15) is 0 Å². The number of esters is 1. The van der Waals surface area contributed by atoms with Crippen molar-refractivity contribution in [3.8, 4) is 0 Å². The third-order valence-electron chi connectivity index (χ3n) is 6.63. The largest absolute Gasteiger partial charge is 0.461 e. The van der Waals surface area contributed by atoms with E-state index in [2.05, 4.69) is 6.58 Å². The van der Waals surface area contributed by atoms with E-state index in [1.165, 1.54) is 12.0 Å². The van der Waals surface area contributed by atoms with Gasteiger partial charge in [-0.1, -0.05) is 12.2 Å². The van der Waals surface area contributed by atoms with Crippen LogP contribution in [0.3, 0.4) is 0 Å². The smallest absolute Gasteiger partial charge is 0.312 e. The van der Waals surface area contributed by atoms with Crippen molar-refractivity contribution in [3.63, 3.8) is 0 Å². The van der Waals surface area contributed by atoms with Crippen molar-refractivity contribution in [1.82, 2.24) is 0 Å². The van der Waals surface area contributed by atoms with Crippen LogP contribution >= 0.6 is 0 Å². The third kappa shape index (κ3) is 1.17. The van der Waals surface area contributed by atoms with Crippen LogP contribution in [0.1, 0.15) is 38.5 Å². The fraction of sp³-hybridized carbons (Fsp3) is 0.812. The first kappa shape index (κ1) is 10.9. The summed E-state index contributed by atoms with van der Waals surface area (Å²) in [7, 11) is 0. The van der Waals surface area contributed by atoms with Gasteiger partial charge in [0, 0.05) is 11.8 Å². The van der Waals surface area contributed by atoms with Gasteiger partial charge in [-0.05, 0) is 44.4 Å². The molecule has 2 aliphatic heterocycles. The number of allylic oxidation sites excluding steroid dienone is 1. The van der Waals surface area contributed by atoms with E-state index in [-0.39, 0.29) is 23.1 Å². The molecule has 3 saturated carbocycles. The van der Waals surface area contributed by atoms with E-state index in [9.17, 15) is 4.79 Å². The molecule has 19 heavy (non-hydrogen) atoms. The molecule has 5 atom stereocenters. The van der Waals surface area contributed by atoms with Gasteiger partial charge in [0.15, 0.2) is 0 Å². The first-order valence-electron chi connectivity index (χ1n) is 7.69. The Morgan fingerprint density at radius 2 is 2.00 bits per heavy atom. The normalized spacial score (nSPS) is 52.8. The summed E-state index contributed by atoms with van der Waals surface area (Å²) < 4.78 is 11.7. The van der Waals surface area contributed by atoms with Crippen molar-refractivity contribution in [1.29, 1.82) is 0 Å². The van der Waals surface area contributed by atoms with Crippen molar-refractivity contribution >= 4 is 5.97 Å².